The topological polar surface area (TPSA) is 58.3 Å². The van der Waals surface area contributed by atoms with Gasteiger partial charge >= 0.3 is 0 Å². The van der Waals surface area contributed by atoms with Crippen LogP contribution in [0.25, 0.3) is 0 Å². The highest BCUT2D eigenvalue weighted by Crippen LogP contribution is 2.48. The summed E-state index contributed by atoms with van der Waals surface area (Å²) in [6.07, 6.45) is 2.57. The van der Waals surface area contributed by atoms with Crippen LogP contribution in [0.5, 0.6) is 0 Å². The van der Waals surface area contributed by atoms with Crippen molar-refractivity contribution in [3.63, 3.8) is 0 Å². The molecule has 0 saturated heterocycles. The van der Waals surface area contributed by atoms with Gasteiger partial charge in [-0.3, -0.25) is 4.68 Å². The summed E-state index contributed by atoms with van der Waals surface area (Å²) in [6.45, 7) is 8.84. The minimum Gasteiger partial charge on any atom is -0.396 e. The lowest BCUT2D eigenvalue weighted by Gasteiger charge is -2.46. The Labute approximate surface area is 115 Å². The minimum atomic E-state index is -0.294. The van der Waals surface area contributed by atoms with Gasteiger partial charge in [-0.25, -0.2) is 0 Å². The zero-order valence-electron chi connectivity index (χ0n) is 12.5. The Morgan fingerprint density at radius 1 is 1.32 bits per heavy atom. The molecule has 1 aromatic rings. The lowest BCUT2D eigenvalue weighted by Crippen LogP contribution is -2.45. The lowest BCUT2D eigenvalue weighted by atomic mass is 9.66. The van der Waals surface area contributed by atoms with Gasteiger partial charge in [0.05, 0.1) is 24.9 Å². The molecule has 19 heavy (non-hydrogen) atoms. The first-order valence-electron chi connectivity index (χ1n) is 7.16. The fourth-order valence-corrected chi connectivity index (χ4v) is 2.88. The maximum atomic E-state index is 9.39. The number of hydrogen-bond donors (Lipinski definition) is 2. The Hall–Kier alpha value is -0.870. The zero-order valence-corrected chi connectivity index (χ0v) is 12.5. The van der Waals surface area contributed by atoms with Crippen LogP contribution < -0.4 is 0 Å². The summed E-state index contributed by atoms with van der Waals surface area (Å²) in [5, 5.41) is 23.5. The molecule has 108 valence electrons. The molecule has 1 aliphatic rings. The van der Waals surface area contributed by atoms with Gasteiger partial charge in [-0.2, -0.15) is 5.10 Å². The Bertz CT molecular complexity index is 433. The Morgan fingerprint density at radius 2 is 1.89 bits per heavy atom. The van der Waals surface area contributed by atoms with Crippen molar-refractivity contribution < 1.29 is 10.2 Å². The highest BCUT2D eigenvalue weighted by atomic mass is 16.3. The standard InChI is InChI=1S/C15H26N2O2/c1-5-11-6-13(14(2,3)4)17(16-11)12-7-15(8-12,9-18)10-19/h6,12,18-19H,5,7-10H2,1-4H3. The van der Waals surface area contributed by atoms with Crippen LogP contribution in [0.1, 0.15) is 58.0 Å². The van der Waals surface area contributed by atoms with E-state index in [1.165, 1.54) is 5.69 Å². The quantitative estimate of drug-likeness (QED) is 0.877. The van der Waals surface area contributed by atoms with Crippen molar-refractivity contribution in [1.82, 2.24) is 9.78 Å². The van der Waals surface area contributed by atoms with Crippen LogP contribution >= 0.6 is 0 Å². The third-order valence-electron chi connectivity index (χ3n) is 4.27. The third-order valence-corrected chi connectivity index (χ3v) is 4.27. The molecule has 0 bridgehead atoms. The van der Waals surface area contributed by atoms with Crippen LogP contribution in [0.4, 0.5) is 0 Å². The zero-order chi connectivity index (χ0) is 14.3. The smallest absolute Gasteiger partial charge is 0.0625 e. The van der Waals surface area contributed by atoms with Crippen LogP contribution in [-0.2, 0) is 11.8 Å². The van der Waals surface area contributed by atoms with Gasteiger partial charge in [0.1, 0.15) is 0 Å². The lowest BCUT2D eigenvalue weighted by molar-refractivity contribution is -0.0476. The Kier molecular flexibility index (Phi) is 3.76. The molecule has 0 atom stereocenters. The number of rotatable bonds is 4. The summed E-state index contributed by atoms with van der Waals surface area (Å²) >= 11 is 0. The largest absolute Gasteiger partial charge is 0.396 e. The van der Waals surface area contributed by atoms with Gasteiger partial charge in [0.25, 0.3) is 0 Å². The highest BCUT2D eigenvalue weighted by Gasteiger charge is 2.45. The maximum Gasteiger partial charge on any atom is 0.0625 e. The molecule has 4 heteroatoms. The van der Waals surface area contributed by atoms with Crippen molar-refractivity contribution in [2.24, 2.45) is 5.41 Å². The SMILES string of the molecule is CCc1cc(C(C)(C)C)n(C2CC(CO)(CO)C2)n1. The van der Waals surface area contributed by atoms with Crippen molar-refractivity contribution in [1.29, 1.82) is 0 Å². The molecule has 4 nitrogen and oxygen atoms in total. The number of aryl methyl sites for hydroxylation is 1. The van der Waals surface area contributed by atoms with E-state index in [1.54, 1.807) is 0 Å². The van der Waals surface area contributed by atoms with E-state index in [1.807, 2.05) is 0 Å². The molecule has 1 aliphatic carbocycles. The fraction of sp³-hybridized carbons (Fsp3) is 0.800. The third kappa shape index (κ3) is 2.56. The van der Waals surface area contributed by atoms with Crippen molar-refractivity contribution in [3.8, 4) is 0 Å². The molecular formula is C15H26N2O2. The van der Waals surface area contributed by atoms with E-state index in [4.69, 9.17) is 5.10 Å². The van der Waals surface area contributed by atoms with Gasteiger partial charge in [-0.1, -0.05) is 27.7 Å². The molecule has 1 heterocycles. The fourth-order valence-electron chi connectivity index (χ4n) is 2.88. The predicted molar refractivity (Wildman–Crippen MR) is 75.2 cm³/mol. The molecule has 0 spiro atoms. The molecule has 0 unspecified atom stereocenters. The van der Waals surface area contributed by atoms with Crippen LogP contribution in [0.2, 0.25) is 0 Å². The van der Waals surface area contributed by atoms with Crippen LogP contribution in [0.3, 0.4) is 0 Å². The molecule has 2 N–H and O–H groups in total. The van der Waals surface area contributed by atoms with Crippen molar-refractivity contribution in [2.75, 3.05) is 13.2 Å². The first-order valence-corrected chi connectivity index (χ1v) is 7.16. The van der Waals surface area contributed by atoms with Gasteiger partial charge in [0.15, 0.2) is 0 Å². The molecular weight excluding hydrogens is 240 g/mol. The van der Waals surface area contributed by atoms with Gasteiger partial charge < -0.3 is 10.2 Å². The number of aliphatic hydroxyl groups excluding tert-OH is 2. The Morgan fingerprint density at radius 3 is 2.32 bits per heavy atom. The van der Waals surface area contributed by atoms with E-state index in [-0.39, 0.29) is 24.0 Å². The monoisotopic (exact) mass is 266 g/mol. The molecule has 0 aliphatic heterocycles. The second kappa shape index (κ2) is 4.91. The van der Waals surface area contributed by atoms with Crippen molar-refractivity contribution in [3.05, 3.63) is 17.5 Å². The van der Waals surface area contributed by atoms with Crippen LogP contribution in [0, 0.1) is 5.41 Å². The predicted octanol–water partition coefficient (Wildman–Crippen LogP) is 2.05. The Balaban J connectivity index is 2.24. The van der Waals surface area contributed by atoms with Crippen molar-refractivity contribution >= 4 is 0 Å². The summed E-state index contributed by atoms with van der Waals surface area (Å²) in [4.78, 5) is 0. The second-order valence-corrected chi connectivity index (χ2v) is 6.95. The van der Waals surface area contributed by atoms with E-state index in [0.29, 0.717) is 6.04 Å². The molecule has 0 amide bonds. The van der Waals surface area contributed by atoms with Crippen LogP contribution in [0.15, 0.2) is 6.07 Å². The van der Waals surface area contributed by atoms with E-state index < -0.39 is 0 Å². The van der Waals surface area contributed by atoms with E-state index in [2.05, 4.69) is 38.4 Å². The molecule has 0 aromatic carbocycles. The first-order chi connectivity index (χ1) is 8.85. The first kappa shape index (κ1) is 14.5. The average Bonchev–Trinajstić information content (AvgIpc) is 2.73. The molecule has 1 fully saturated rings. The number of aliphatic hydroxyl groups is 2. The van der Waals surface area contributed by atoms with E-state index in [9.17, 15) is 10.2 Å². The summed E-state index contributed by atoms with van der Waals surface area (Å²) in [6, 6.07) is 2.51. The van der Waals surface area contributed by atoms with Gasteiger partial charge in [-0.05, 0) is 25.3 Å². The summed E-state index contributed by atoms with van der Waals surface area (Å²) in [7, 11) is 0. The highest BCUT2D eigenvalue weighted by molar-refractivity contribution is 5.20. The minimum absolute atomic E-state index is 0.0623. The second-order valence-electron chi connectivity index (χ2n) is 6.95. The van der Waals surface area contributed by atoms with Crippen LogP contribution in [-0.4, -0.2) is 33.2 Å². The summed E-state index contributed by atoms with van der Waals surface area (Å²) < 4.78 is 2.13. The van der Waals surface area contributed by atoms with Gasteiger partial charge in [0.2, 0.25) is 0 Å². The number of hydrogen-bond acceptors (Lipinski definition) is 3. The molecule has 1 saturated carbocycles. The molecule has 0 radical (unpaired) electrons. The molecule has 2 rings (SSSR count). The summed E-state index contributed by atoms with van der Waals surface area (Å²) in [5.74, 6) is 0. The van der Waals surface area contributed by atoms with E-state index >= 15 is 0 Å². The normalized spacial score (nSPS) is 19.5. The van der Waals surface area contributed by atoms with Gasteiger partial charge in [0, 0.05) is 16.5 Å². The number of nitrogens with zero attached hydrogens (tertiary/aromatic N) is 2. The van der Waals surface area contributed by atoms with Gasteiger partial charge in [-0.15, -0.1) is 0 Å². The maximum absolute atomic E-state index is 9.39. The number of aromatic nitrogens is 2. The van der Waals surface area contributed by atoms with Crippen molar-refractivity contribution in [2.45, 2.75) is 58.4 Å². The average molecular weight is 266 g/mol. The summed E-state index contributed by atoms with van der Waals surface area (Å²) in [5.41, 5.74) is 2.14. The molecule has 1 aromatic heterocycles. The van der Waals surface area contributed by atoms with E-state index in [0.717, 1.165) is 25.0 Å².